The van der Waals surface area contributed by atoms with Gasteiger partial charge in [-0.3, -0.25) is 5.10 Å². The van der Waals surface area contributed by atoms with Gasteiger partial charge in [0.25, 0.3) is 10.0 Å². The van der Waals surface area contributed by atoms with Crippen LogP contribution in [0.1, 0.15) is 25.8 Å². The van der Waals surface area contributed by atoms with Crippen molar-refractivity contribution in [1.82, 2.24) is 20.2 Å². The van der Waals surface area contributed by atoms with Gasteiger partial charge in [-0.25, -0.2) is 13.1 Å². The average molecular weight is 304 g/mol. The van der Waals surface area contributed by atoms with E-state index in [1.165, 1.54) is 6.20 Å². The van der Waals surface area contributed by atoms with Crippen molar-refractivity contribution in [2.45, 2.75) is 31.8 Å². The molecule has 20 heavy (non-hydrogen) atoms. The lowest BCUT2D eigenvalue weighted by molar-refractivity contribution is 0.108. The Morgan fingerprint density at radius 3 is 2.85 bits per heavy atom. The summed E-state index contributed by atoms with van der Waals surface area (Å²) in [5.74, 6) is 0.487. The van der Waals surface area contributed by atoms with Gasteiger partial charge in [-0.05, 0) is 19.4 Å². The molecule has 0 fully saturated rings. The van der Waals surface area contributed by atoms with Gasteiger partial charge in [0.1, 0.15) is 0 Å². The van der Waals surface area contributed by atoms with E-state index in [0.717, 1.165) is 0 Å². The third-order valence-corrected chi connectivity index (χ3v) is 4.00. The van der Waals surface area contributed by atoms with Gasteiger partial charge in [0, 0.05) is 31.9 Å². The van der Waals surface area contributed by atoms with E-state index in [1.807, 2.05) is 0 Å². The Bertz CT molecular complexity index is 485. The van der Waals surface area contributed by atoms with Gasteiger partial charge < -0.3 is 10.1 Å². The van der Waals surface area contributed by atoms with E-state index in [9.17, 15) is 8.42 Å². The molecule has 1 aromatic heterocycles. The lowest BCUT2D eigenvalue weighted by Gasteiger charge is -2.08. The first-order chi connectivity index (χ1) is 9.47. The summed E-state index contributed by atoms with van der Waals surface area (Å²) < 4.78 is 32.1. The second kappa shape index (κ2) is 8.35. The fourth-order valence-electron chi connectivity index (χ4n) is 1.62. The molecule has 0 saturated heterocycles. The van der Waals surface area contributed by atoms with Crippen LogP contribution in [0.3, 0.4) is 0 Å². The van der Waals surface area contributed by atoms with Gasteiger partial charge in [-0.1, -0.05) is 13.8 Å². The Kier molecular flexibility index (Phi) is 7.14. The summed E-state index contributed by atoms with van der Waals surface area (Å²) in [6, 6.07) is 0. The summed E-state index contributed by atoms with van der Waals surface area (Å²) in [5, 5.41) is 9.33. The highest BCUT2D eigenvalue weighted by molar-refractivity contribution is 7.89. The minimum Gasteiger partial charge on any atom is -0.381 e. The zero-order valence-electron chi connectivity index (χ0n) is 12.3. The van der Waals surface area contributed by atoms with E-state index >= 15 is 0 Å². The van der Waals surface area contributed by atoms with Crippen LogP contribution in [0.2, 0.25) is 0 Å². The number of sulfonamides is 1. The van der Waals surface area contributed by atoms with Crippen molar-refractivity contribution < 1.29 is 13.2 Å². The molecule has 8 heteroatoms. The van der Waals surface area contributed by atoms with Crippen molar-refractivity contribution in [3.8, 4) is 0 Å². The second-order valence-electron chi connectivity index (χ2n) is 4.97. The van der Waals surface area contributed by atoms with Crippen molar-refractivity contribution >= 4 is 10.0 Å². The SMILES string of the molecule is CNCc1cn[nH]c1S(=O)(=O)NCCCOCC(C)C. The number of hydrogen-bond acceptors (Lipinski definition) is 5. The van der Waals surface area contributed by atoms with Crippen LogP contribution in [0.4, 0.5) is 0 Å². The molecule has 7 nitrogen and oxygen atoms in total. The molecule has 0 saturated carbocycles. The van der Waals surface area contributed by atoms with Crippen LogP contribution in [-0.4, -0.2) is 45.4 Å². The Hall–Kier alpha value is -0.960. The first-order valence-electron chi connectivity index (χ1n) is 6.71. The minimum atomic E-state index is -3.54. The van der Waals surface area contributed by atoms with Gasteiger partial charge in [0.05, 0.1) is 6.20 Å². The van der Waals surface area contributed by atoms with Gasteiger partial charge in [0.2, 0.25) is 0 Å². The maximum absolute atomic E-state index is 12.1. The lowest BCUT2D eigenvalue weighted by Crippen LogP contribution is -2.27. The molecule has 0 atom stereocenters. The second-order valence-corrected chi connectivity index (χ2v) is 6.68. The van der Waals surface area contributed by atoms with Gasteiger partial charge in [-0.15, -0.1) is 0 Å². The van der Waals surface area contributed by atoms with Gasteiger partial charge in [-0.2, -0.15) is 5.10 Å². The molecular weight excluding hydrogens is 280 g/mol. The molecule has 0 aliphatic heterocycles. The summed E-state index contributed by atoms with van der Waals surface area (Å²) >= 11 is 0. The quantitative estimate of drug-likeness (QED) is 0.546. The molecule has 0 aromatic carbocycles. The molecule has 0 unspecified atom stereocenters. The van der Waals surface area contributed by atoms with Crippen molar-refractivity contribution in [1.29, 1.82) is 0 Å². The predicted octanol–water partition coefficient (Wildman–Crippen LogP) is 0.470. The maximum Gasteiger partial charge on any atom is 0.257 e. The molecular formula is C12H24N4O3S. The van der Waals surface area contributed by atoms with Crippen molar-refractivity contribution in [3.63, 3.8) is 0 Å². The molecule has 1 rings (SSSR count). The molecule has 0 radical (unpaired) electrons. The number of aromatic nitrogens is 2. The number of hydrogen-bond donors (Lipinski definition) is 3. The van der Waals surface area contributed by atoms with Gasteiger partial charge >= 0.3 is 0 Å². The third-order valence-electron chi connectivity index (χ3n) is 2.52. The Morgan fingerprint density at radius 1 is 1.45 bits per heavy atom. The largest absolute Gasteiger partial charge is 0.381 e. The van der Waals surface area contributed by atoms with Crippen LogP contribution >= 0.6 is 0 Å². The predicted molar refractivity (Wildman–Crippen MR) is 76.8 cm³/mol. The van der Waals surface area contributed by atoms with Gasteiger partial charge in [0.15, 0.2) is 5.03 Å². The fourth-order valence-corrected chi connectivity index (χ4v) is 2.82. The summed E-state index contributed by atoms with van der Waals surface area (Å²) in [5.41, 5.74) is 0.621. The van der Waals surface area contributed by atoms with Crippen LogP contribution in [0, 0.1) is 5.92 Å². The van der Waals surface area contributed by atoms with E-state index in [-0.39, 0.29) is 5.03 Å². The Balaban J connectivity index is 2.40. The average Bonchev–Trinajstić information content (AvgIpc) is 2.83. The van der Waals surface area contributed by atoms with E-state index in [2.05, 4.69) is 34.1 Å². The van der Waals surface area contributed by atoms with Crippen LogP contribution in [0.25, 0.3) is 0 Å². The molecule has 0 spiro atoms. The highest BCUT2D eigenvalue weighted by atomic mass is 32.2. The molecule has 0 bridgehead atoms. The molecule has 1 heterocycles. The number of rotatable bonds is 10. The van der Waals surface area contributed by atoms with Crippen molar-refractivity contribution in [2.24, 2.45) is 5.92 Å². The Labute approximate surface area is 120 Å². The maximum atomic E-state index is 12.1. The van der Waals surface area contributed by atoms with E-state index in [0.29, 0.717) is 44.2 Å². The fraction of sp³-hybridized carbons (Fsp3) is 0.750. The monoisotopic (exact) mass is 304 g/mol. The van der Waals surface area contributed by atoms with Crippen LogP contribution < -0.4 is 10.0 Å². The first-order valence-corrected chi connectivity index (χ1v) is 8.20. The summed E-state index contributed by atoms with van der Waals surface area (Å²) in [6.07, 6.45) is 2.15. The topological polar surface area (TPSA) is 96.1 Å². The van der Waals surface area contributed by atoms with E-state index in [1.54, 1.807) is 7.05 Å². The highest BCUT2D eigenvalue weighted by Gasteiger charge is 2.19. The highest BCUT2D eigenvalue weighted by Crippen LogP contribution is 2.11. The van der Waals surface area contributed by atoms with E-state index < -0.39 is 10.0 Å². The van der Waals surface area contributed by atoms with Crippen LogP contribution in [0.15, 0.2) is 11.2 Å². The first kappa shape index (κ1) is 17.1. The Morgan fingerprint density at radius 2 is 2.20 bits per heavy atom. The lowest BCUT2D eigenvalue weighted by atomic mass is 10.2. The number of H-pyrrole nitrogens is 1. The number of ether oxygens (including phenoxy) is 1. The van der Waals surface area contributed by atoms with E-state index in [4.69, 9.17) is 4.74 Å². The molecule has 0 amide bonds. The standard InChI is InChI=1S/C12H24N4O3S/c1-10(2)9-19-6-4-5-15-20(17,18)12-11(7-13-3)8-14-16-12/h8,10,13,15H,4-7,9H2,1-3H3,(H,14,16). The summed E-state index contributed by atoms with van der Waals surface area (Å²) in [7, 11) is -1.78. The summed E-state index contributed by atoms with van der Waals surface area (Å²) in [4.78, 5) is 0. The molecule has 0 aliphatic carbocycles. The zero-order valence-corrected chi connectivity index (χ0v) is 13.1. The molecule has 3 N–H and O–H groups in total. The van der Waals surface area contributed by atoms with Crippen molar-refractivity contribution in [2.75, 3.05) is 26.8 Å². The molecule has 1 aromatic rings. The smallest absolute Gasteiger partial charge is 0.257 e. The zero-order chi connectivity index (χ0) is 15.0. The van der Waals surface area contributed by atoms with Crippen molar-refractivity contribution in [3.05, 3.63) is 11.8 Å². The number of nitrogens with one attached hydrogen (secondary N) is 3. The summed E-state index contributed by atoms with van der Waals surface area (Å²) in [6.45, 7) is 6.18. The number of aromatic amines is 1. The third kappa shape index (κ3) is 5.58. The number of nitrogens with zero attached hydrogens (tertiary/aromatic N) is 1. The van der Waals surface area contributed by atoms with Crippen LogP contribution in [-0.2, 0) is 21.3 Å². The van der Waals surface area contributed by atoms with Crippen LogP contribution in [0.5, 0.6) is 0 Å². The molecule has 116 valence electrons. The normalized spacial score (nSPS) is 12.2. The minimum absolute atomic E-state index is 0.120. The molecule has 0 aliphatic rings.